The molecule has 4 heterocycles. The van der Waals surface area contributed by atoms with Gasteiger partial charge in [-0.05, 0) is 74.7 Å². The summed E-state index contributed by atoms with van der Waals surface area (Å²) in [6, 6.07) is 12.8. The van der Waals surface area contributed by atoms with Gasteiger partial charge in [-0.3, -0.25) is 9.69 Å². The van der Waals surface area contributed by atoms with Gasteiger partial charge in [-0.2, -0.15) is 0 Å². The second kappa shape index (κ2) is 11.9. The van der Waals surface area contributed by atoms with E-state index in [4.69, 9.17) is 0 Å². The molecule has 6 nitrogen and oxygen atoms in total. The van der Waals surface area contributed by atoms with Crippen molar-refractivity contribution < 1.29 is 9.90 Å². The summed E-state index contributed by atoms with van der Waals surface area (Å²) in [5.74, 6) is 1.28. The normalized spacial score (nSPS) is 23.8. The first kappa shape index (κ1) is 27.2. The summed E-state index contributed by atoms with van der Waals surface area (Å²) in [5.41, 5.74) is 6.27. The fourth-order valence-electron chi connectivity index (χ4n) is 7.45. The maximum Gasteiger partial charge on any atom is 0.320 e. The van der Waals surface area contributed by atoms with E-state index in [9.17, 15) is 9.90 Å². The van der Waals surface area contributed by atoms with E-state index in [2.05, 4.69) is 81.5 Å². The number of carbonyl (C=O) groups is 1. The predicted molar refractivity (Wildman–Crippen MR) is 160 cm³/mol. The van der Waals surface area contributed by atoms with E-state index in [-0.39, 0.29) is 6.04 Å². The largest absolute Gasteiger partial charge is 0.480 e. The molecule has 0 radical (unpaired) electrons. The molecule has 212 valence electrons. The van der Waals surface area contributed by atoms with Crippen molar-refractivity contribution in [3.63, 3.8) is 0 Å². The molecule has 2 aliphatic heterocycles. The van der Waals surface area contributed by atoms with Crippen LogP contribution in [-0.4, -0.2) is 69.0 Å². The smallest absolute Gasteiger partial charge is 0.320 e. The van der Waals surface area contributed by atoms with E-state index >= 15 is 0 Å². The number of rotatable bonds is 10. The minimum atomic E-state index is -0.638. The highest BCUT2D eigenvalue weighted by Crippen LogP contribution is 2.39. The molecular formula is C34H44N4O2. The van der Waals surface area contributed by atoms with Gasteiger partial charge in [-0.25, -0.2) is 4.98 Å². The summed E-state index contributed by atoms with van der Waals surface area (Å²) in [4.78, 5) is 22.0. The first-order valence-corrected chi connectivity index (χ1v) is 15.3. The summed E-state index contributed by atoms with van der Waals surface area (Å²) in [6.45, 7) is 11.0. The van der Waals surface area contributed by atoms with Crippen LogP contribution in [0.5, 0.6) is 0 Å². The monoisotopic (exact) mass is 540 g/mol. The first-order chi connectivity index (χ1) is 19.5. The van der Waals surface area contributed by atoms with Crippen LogP contribution in [0.1, 0.15) is 72.7 Å². The number of aromatic nitrogens is 2. The van der Waals surface area contributed by atoms with E-state index in [0.29, 0.717) is 23.7 Å². The number of piperidine rings is 1. The SMILES string of the molecule is C=CCc1ccc2ncc(C3CCN(CC4CN(C(CC5CCC5)C(=O)O)CC4c4cccc(C)c4)CC3)n2c1. The topological polar surface area (TPSA) is 61.1 Å². The van der Waals surface area contributed by atoms with Crippen molar-refractivity contribution in [3.05, 3.63) is 83.8 Å². The molecule has 1 aliphatic carbocycles. The third-order valence-electron chi connectivity index (χ3n) is 9.92. The molecule has 1 N–H and O–H groups in total. The first-order valence-electron chi connectivity index (χ1n) is 15.3. The molecule has 0 bridgehead atoms. The van der Waals surface area contributed by atoms with Crippen LogP contribution in [0.2, 0.25) is 0 Å². The number of aryl methyl sites for hydroxylation is 1. The van der Waals surface area contributed by atoms with Gasteiger partial charge in [0.15, 0.2) is 0 Å². The van der Waals surface area contributed by atoms with Crippen LogP contribution in [0.25, 0.3) is 5.65 Å². The number of carboxylic acids is 1. The van der Waals surface area contributed by atoms with Crippen LogP contribution in [0, 0.1) is 18.8 Å². The van der Waals surface area contributed by atoms with Gasteiger partial charge >= 0.3 is 5.97 Å². The van der Waals surface area contributed by atoms with E-state index < -0.39 is 5.97 Å². The van der Waals surface area contributed by atoms with Crippen molar-refractivity contribution in [2.45, 2.75) is 69.7 Å². The molecule has 3 unspecified atom stereocenters. The maximum absolute atomic E-state index is 12.4. The molecule has 3 atom stereocenters. The van der Waals surface area contributed by atoms with Crippen LogP contribution in [0.15, 0.2) is 61.4 Å². The number of carboxylic acid groups (broad SMARTS) is 1. The van der Waals surface area contributed by atoms with Crippen molar-refractivity contribution in [2.24, 2.45) is 11.8 Å². The Balaban J connectivity index is 1.15. The van der Waals surface area contributed by atoms with Crippen LogP contribution < -0.4 is 0 Å². The number of benzene rings is 1. The molecule has 2 saturated heterocycles. The number of aliphatic carboxylic acids is 1. The molecule has 1 aromatic carbocycles. The molecule has 2 aromatic heterocycles. The highest BCUT2D eigenvalue weighted by atomic mass is 16.4. The van der Waals surface area contributed by atoms with Crippen molar-refractivity contribution in [2.75, 3.05) is 32.7 Å². The molecule has 0 amide bonds. The van der Waals surface area contributed by atoms with Crippen molar-refractivity contribution >= 4 is 11.6 Å². The Morgan fingerprint density at radius 1 is 1.15 bits per heavy atom. The maximum atomic E-state index is 12.4. The average molecular weight is 541 g/mol. The second-order valence-corrected chi connectivity index (χ2v) is 12.6. The summed E-state index contributed by atoms with van der Waals surface area (Å²) in [5, 5.41) is 10.2. The zero-order valence-corrected chi connectivity index (χ0v) is 23.9. The zero-order valence-electron chi connectivity index (χ0n) is 23.9. The lowest BCUT2D eigenvalue weighted by molar-refractivity contribution is -0.144. The molecule has 3 fully saturated rings. The van der Waals surface area contributed by atoms with Gasteiger partial charge in [0, 0.05) is 49.6 Å². The zero-order chi connectivity index (χ0) is 27.6. The fraction of sp³-hybridized carbons (Fsp3) is 0.529. The average Bonchev–Trinajstić information content (AvgIpc) is 3.53. The number of hydrogen-bond acceptors (Lipinski definition) is 4. The second-order valence-electron chi connectivity index (χ2n) is 12.6. The van der Waals surface area contributed by atoms with Crippen molar-refractivity contribution in [1.82, 2.24) is 19.2 Å². The third kappa shape index (κ3) is 5.75. The lowest BCUT2D eigenvalue weighted by Crippen LogP contribution is -2.43. The Morgan fingerprint density at radius 2 is 1.98 bits per heavy atom. The number of imidazole rings is 1. The Bertz CT molecular complexity index is 1340. The Kier molecular flexibility index (Phi) is 8.08. The van der Waals surface area contributed by atoms with E-state index in [1.165, 1.54) is 41.6 Å². The quantitative estimate of drug-likeness (QED) is 0.324. The highest BCUT2D eigenvalue weighted by molar-refractivity contribution is 5.73. The van der Waals surface area contributed by atoms with E-state index in [1.807, 2.05) is 6.08 Å². The summed E-state index contributed by atoms with van der Waals surface area (Å²) in [7, 11) is 0. The van der Waals surface area contributed by atoms with Crippen LogP contribution in [-0.2, 0) is 11.2 Å². The Labute approximate surface area is 238 Å². The molecule has 3 aromatic rings. The number of allylic oxidation sites excluding steroid dienone is 1. The van der Waals surface area contributed by atoms with Crippen LogP contribution >= 0.6 is 0 Å². The van der Waals surface area contributed by atoms with Gasteiger partial charge in [0.2, 0.25) is 0 Å². The Hall–Kier alpha value is -2.96. The number of hydrogen-bond donors (Lipinski definition) is 1. The summed E-state index contributed by atoms with van der Waals surface area (Å²) in [6.07, 6.45) is 13.8. The van der Waals surface area contributed by atoms with Crippen molar-refractivity contribution in [1.29, 1.82) is 0 Å². The van der Waals surface area contributed by atoms with Gasteiger partial charge in [0.1, 0.15) is 11.7 Å². The lowest BCUT2D eigenvalue weighted by atomic mass is 9.80. The minimum Gasteiger partial charge on any atom is -0.480 e. The molecule has 0 spiro atoms. The fourth-order valence-corrected chi connectivity index (χ4v) is 7.45. The number of fused-ring (bicyclic) bond motifs is 1. The number of nitrogens with zero attached hydrogens (tertiary/aromatic N) is 4. The molecular weight excluding hydrogens is 496 g/mol. The predicted octanol–water partition coefficient (Wildman–Crippen LogP) is 5.91. The van der Waals surface area contributed by atoms with Gasteiger partial charge < -0.3 is 14.4 Å². The summed E-state index contributed by atoms with van der Waals surface area (Å²) < 4.78 is 2.29. The molecule has 40 heavy (non-hydrogen) atoms. The van der Waals surface area contributed by atoms with Gasteiger partial charge in [0.25, 0.3) is 0 Å². The number of likely N-dealkylation sites (tertiary alicyclic amines) is 2. The van der Waals surface area contributed by atoms with Crippen molar-refractivity contribution in [3.8, 4) is 0 Å². The number of pyridine rings is 1. The molecule has 6 heteroatoms. The molecule has 1 saturated carbocycles. The van der Waals surface area contributed by atoms with E-state index in [0.717, 1.165) is 64.1 Å². The third-order valence-corrected chi connectivity index (χ3v) is 9.92. The lowest BCUT2D eigenvalue weighted by Gasteiger charge is -2.35. The van der Waals surface area contributed by atoms with Gasteiger partial charge in [-0.1, -0.05) is 61.2 Å². The Morgan fingerprint density at radius 3 is 2.67 bits per heavy atom. The van der Waals surface area contributed by atoms with Gasteiger partial charge in [-0.15, -0.1) is 6.58 Å². The van der Waals surface area contributed by atoms with E-state index in [1.54, 1.807) is 0 Å². The minimum absolute atomic E-state index is 0.352. The molecule has 6 rings (SSSR count). The van der Waals surface area contributed by atoms with Gasteiger partial charge in [0.05, 0.1) is 0 Å². The highest BCUT2D eigenvalue weighted by Gasteiger charge is 2.41. The van der Waals surface area contributed by atoms with Crippen LogP contribution in [0.4, 0.5) is 0 Å². The van der Waals surface area contributed by atoms with Crippen LogP contribution in [0.3, 0.4) is 0 Å². The standard InChI is InChI=1S/C34H44N4O2/c1-3-6-26-11-12-33-35-19-32(38(33)20-26)27-13-15-36(16-14-27)21-29-22-37(31(34(39)40)18-25-8-5-9-25)23-30(29)28-10-4-7-24(2)17-28/h3-4,7,10-12,17,19-20,25,27,29-31H,1,5-6,8-9,13-16,18,21-23H2,2H3,(H,39,40). The summed E-state index contributed by atoms with van der Waals surface area (Å²) >= 11 is 0. The molecule has 3 aliphatic rings.